The van der Waals surface area contributed by atoms with Gasteiger partial charge in [-0.15, -0.1) is 0 Å². The smallest absolute Gasteiger partial charge is 0.319 e. The first-order chi connectivity index (χ1) is 7.47. The summed E-state index contributed by atoms with van der Waals surface area (Å²) in [7, 11) is 0. The summed E-state index contributed by atoms with van der Waals surface area (Å²) in [5, 5.41) is 14.9. The summed E-state index contributed by atoms with van der Waals surface area (Å²) in [4.78, 5) is 11.3. The molecule has 0 bridgehead atoms. The normalized spacial score (nSPS) is 12.0. The van der Waals surface area contributed by atoms with Crippen LogP contribution in [0, 0.1) is 0 Å². The third kappa shape index (κ3) is 4.70. The Balaban J connectivity index is 2.56. The summed E-state index contributed by atoms with van der Waals surface area (Å²) in [5.41, 5.74) is 0.501. The molecular weight excluding hydrogens is 251 g/mol. The Kier molecular flexibility index (Phi) is 4.86. The number of benzene rings is 1. The fraction of sp³-hybridized carbons (Fsp3) is 0.300. The Morgan fingerprint density at radius 1 is 1.38 bits per heavy atom. The van der Waals surface area contributed by atoms with E-state index in [9.17, 15) is 4.79 Å². The monoisotopic (exact) mass is 262 g/mol. The molecule has 0 aromatic heterocycles. The van der Waals surface area contributed by atoms with E-state index in [1.165, 1.54) is 0 Å². The minimum atomic E-state index is -0.589. The highest BCUT2D eigenvalue weighted by Crippen LogP contribution is 2.22. The molecule has 0 fully saturated rings. The Morgan fingerprint density at radius 2 is 1.94 bits per heavy atom. The highest BCUT2D eigenvalue weighted by atomic mass is 35.5. The summed E-state index contributed by atoms with van der Waals surface area (Å²) in [5.74, 6) is 0. The summed E-state index contributed by atoms with van der Waals surface area (Å²) in [6.07, 6.45) is -0.589. The third-order valence-electron chi connectivity index (χ3n) is 1.68. The van der Waals surface area contributed by atoms with E-state index in [0.29, 0.717) is 15.7 Å². The highest BCUT2D eigenvalue weighted by Gasteiger charge is 2.04. The van der Waals surface area contributed by atoms with Crippen LogP contribution in [0.4, 0.5) is 10.5 Å². The maximum absolute atomic E-state index is 11.3. The standard InChI is InChI=1S/C10H12Cl2N2O2/c1-6(15)5-13-10(16)14-9-3-7(11)2-8(12)4-9/h2-4,6,15H,5H2,1H3,(H2,13,14,16). The van der Waals surface area contributed by atoms with Crippen LogP contribution in [-0.4, -0.2) is 23.8 Å². The Hall–Kier alpha value is -0.970. The summed E-state index contributed by atoms with van der Waals surface area (Å²) < 4.78 is 0. The van der Waals surface area contributed by atoms with E-state index in [1.807, 2.05) is 0 Å². The van der Waals surface area contributed by atoms with E-state index in [4.69, 9.17) is 28.3 Å². The molecule has 1 aromatic rings. The molecule has 0 radical (unpaired) electrons. The second-order valence-electron chi connectivity index (χ2n) is 3.34. The lowest BCUT2D eigenvalue weighted by atomic mass is 10.3. The van der Waals surface area contributed by atoms with E-state index in [1.54, 1.807) is 25.1 Å². The van der Waals surface area contributed by atoms with E-state index >= 15 is 0 Å². The summed E-state index contributed by atoms with van der Waals surface area (Å²) in [6.45, 7) is 1.76. The van der Waals surface area contributed by atoms with Crippen LogP contribution in [0.1, 0.15) is 6.92 Å². The zero-order valence-corrected chi connectivity index (χ0v) is 10.1. The molecule has 4 nitrogen and oxygen atoms in total. The molecule has 0 aliphatic heterocycles. The first-order valence-corrected chi connectivity index (χ1v) is 5.42. The number of anilines is 1. The van der Waals surface area contributed by atoms with Crippen molar-refractivity contribution in [2.75, 3.05) is 11.9 Å². The van der Waals surface area contributed by atoms with Crippen molar-refractivity contribution in [1.29, 1.82) is 0 Å². The van der Waals surface area contributed by atoms with Crippen molar-refractivity contribution in [1.82, 2.24) is 5.32 Å². The first kappa shape index (κ1) is 13.1. The number of urea groups is 1. The highest BCUT2D eigenvalue weighted by molar-refractivity contribution is 6.35. The lowest BCUT2D eigenvalue weighted by Gasteiger charge is -2.09. The van der Waals surface area contributed by atoms with E-state index in [-0.39, 0.29) is 6.54 Å². The van der Waals surface area contributed by atoms with Crippen LogP contribution in [0.25, 0.3) is 0 Å². The van der Waals surface area contributed by atoms with Gasteiger partial charge in [0.15, 0.2) is 0 Å². The predicted molar refractivity (Wildman–Crippen MR) is 65.2 cm³/mol. The predicted octanol–water partition coefficient (Wildman–Crippen LogP) is 2.50. The van der Waals surface area contributed by atoms with Gasteiger partial charge in [0.25, 0.3) is 0 Å². The second-order valence-corrected chi connectivity index (χ2v) is 4.22. The quantitative estimate of drug-likeness (QED) is 0.784. The molecule has 3 N–H and O–H groups in total. The SMILES string of the molecule is CC(O)CNC(=O)Nc1cc(Cl)cc(Cl)c1. The van der Waals surface area contributed by atoms with Gasteiger partial charge in [0.05, 0.1) is 6.10 Å². The van der Waals surface area contributed by atoms with Crippen molar-refractivity contribution in [3.05, 3.63) is 28.2 Å². The minimum Gasteiger partial charge on any atom is -0.392 e. The first-order valence-electron chi connectivity index (χ1n) is 4.66. The van der Waals surface area contributed by atoms with Crippen LogP contribution in [0.15, 0.2) is 18.2 Å². The van der Waals surface area contributed by atoms with Gasteiger partial charge in [-0.25, -0.2) is 4.79 Å². The average Bonchev–Trinajstić information content (AvgIpc) is 2.12. The minimum absolute atomic E-state index is 0.181. The van der Waals surface area contributed by atoms with Crippen molar-refractivity contribution in [3.63, 3.8) is 0 Å². The molecule has 6 heteroatoms. The van der Waals surface area contributed by atoms with Gasteiger partial charge in [0, 0.05) is 22.3 Å². The topological polar surface area (TPSA) is 61.4 Å². The molecule has 0 saturated carbocycles. The van der Waals surface area contributed by atoms with Gasteiger partial charge >= 0.3 is 6.03 Å². The van der Waals surface area contributed by atoms with E-state index in [0.717, 1.165) is 0 Å². The van der Waals surface area contributed by atoms with Crippen LogP contribution in [0.3, 0.4) is 0 Å². The number of hydrogen-bond acceptors (Lipinski definition) is 2. The number of nitrogens with one attached hydrogen (secondary N) is 2. The van der Waals surface area contributed by atoms with Crippen LogP contribution in [0.2, 0.25) is 10.0 Å². The number of carbonyl (C=O) groups excluding carboxylic acids is 1. The molecule has 0 heterocycles. The molecule has 1 atom stereocenters. The second kappa shape index (κ2) is 5.94. The molecule has 0 aliphatic carbocycles. The number of hydrogen-bond donors (Lipinski definition) is 3. The lowest BCUT2D eigenvalue weighted by Crippen LogP contribution is -2.34. The average molecular weight is 263 g/mol. The maximum Gasteiger partial charge on any atom is 0.319 e. The fourth-order valence-corrected chi connectivity index (χ4v) is 1.57. The van der Waals surface area contributed by atoms with Gasteiger partial charge in [-0.3, -0.25) is 0 Å². The zero-order valence-electron chi connectivity index (χ0n) is 8.63. The van der Waals surface area contributed by atoms with Gasteiger partial charge in [0.1, 0.15) is 0 Å². The van der Waals surface area contributed by atoms with Crippen molar-refractivity contribution in [3.8, 4) is 0 Å². The molecule has 0 spiro atoms. The van der Waals surface area contributed by atoms with Crippen molar-refractivity contribution in [2.24, 2.45) is 0 Å². The molecule has 88 valence electrons. The molecular formula is C10H12Cl2N2O2. The lowest BCUT2D eigenvalue weighted by molar-refractivity contribution is 0.190. The molecule has 2 amide bonds. The third-order valence-corrected chi connectivity index (χ3v) is 2.11. The number of halogens is 2. The van der Waals surface area contributed by atoms with Crippen molar-refractivity contribution >= 4 is 34.9 Å². The molecule has 0 saturated heterocycles. The largest absolute Gasteiger partial charge is 0.392 e. The van der Waals surface area contributed by atoms with Gasteiger partial charge < -0.3 is 15.7 Å². The van der Waals surface area contributed by atoms with Crippen LogP contribution in [0.5, 0.6) is 0 Å². The summed E-state index contributed by atoms with van der Waals surface area (Å²) >= 11 is 11.5. The fourth-order valence-electron chi connectivity index (χ4n) is 1.04. The van der Waals surface area contributed by atoms with Gasteiger partial charge in [-0.2, -0.15) is 0 Å². The molecule has 16 heavy (non-hydrogen) atoms. The van der Waals surface area contributed by atoms with Gasteiger partial charge in [0.2, 0.25) is 0 Å². The zero-order chi connectivity index (χ0) is 12.1. The maximum atomic E-state index is 11.3. The van der Waals surface area contributed by atoms with Crippen molar-refractivity contribution in [2.45, 2.75) is 13.0 Å². The van der Waals surface area contributed by atoms with Crippen LogP contribution >= 0.6 is 23.2 Å². The molecule has 1 rings (SSSR count). The van der Waals surface area contributed by atoms with Crippen LogP contribution in [-0.2, 0) is 0 Å². The van der Waals surface area contributed by atoms with Gasteiger partial charge in [-0.1, -0.05) is 23.2 Å². The molecule has 1 aromatic carbocycles. The van der Waals surface area contributed by atoms with Crippen molar-refractivity contribution < 1.29 is 9.90 Å². The van der Waals surface area contributed by atoms with Gasteiger partial charge in [-0.05, 0) is 25.1 Å². The summed E-state index contributed by atoms with van der Waals surface area (Å²) in [6, 6.07) is 4.31. The number of aliphatic hydroxyl groups is 1. The Bertz CT molecular complexity index is 363. The molecule has 0 aliphatic rings. The Labute approximate surface area is 104 Å². The van der Waals surface area contributed by atoms with Crippen LogP contribution < -0.4 is 10.6 Å². The number of aliphatic hydroxyl groups excluding tert-OH is 1. The number of rotatable bonds is 3. The van der Waals surface area contributed by atoms with E-state index in [2.05, 4.69) is 10.6 Å². The Morgan fingerprint density at radius 3 is 2.44 bits per heavy atom. The molecule has 1 unspecified atom stereocenters. The van der Waals surface area contributed by atoms with E-state index < -0.39 is 12.1 Å². The number of amides is 2. The number of carbonyl (C=O) groups is 1.